The normalized spacial score (nSPS) is 12.7. The van der Waals surface area contributed by atoms with Gasteiger partial charge >= 0.3 is 0 Å². The van der Waals surface area contributed by atoms with E-state index in [1.165, 1.54) is 6.20 Å². The summed E-state index contributed by atoms with van der Waals surface area (Å²) in [4.78, 5) is 20.5. The largest absolute Gasteiger partial charge is 0.805 e. The van der Waals surface area contributed by atoms with E-state index < -0.39 is 0 Å². The van der Waals surface area contributed by atoms with E-state index in [9.17, 15) is 10.1 Å². The van der Waals surface area contributed by atoms with Crippen LogP contribution < -0.4 is 10.2 Å². The van der Waals surface area contributed by atoms with Gasteiger partial charge in [0.2, 0.25) is 5.95 Å². The predicted octanol–water partition coefficient (Wildman–Crippen LogP) is 2.96. The molecule has 0 aliphatic heterocycles. The van der Waals surface area contributed by atoms with Gasteiger partial charge in [0.25, 0.3) is 11.7 Å². The molecular weight excluding hydrogens is 318 g/mol. The van der Waals surface area contributed by atoms with Gasteiger partial charge in [-0.25, -0.2) is 9.97 Å². The topological polar surface area (TPSA) is 103 Å². The molecule has 1 atom stereocenters. The highest BCUT2D eigenvalue weighted by molar-refractivity contribution is 5.75. The summed E-state index contributed by atoms with van der Waals surface area (Å²) in [7, 11) is 0. The minimum Gasteiger partial charge on any atom is -0.805 e. The molecule has 0 saturated heterocycles. The molecule has 3 rings (SSSR count). The van der Waals surface area contributed by atoms with E-state index in [0.717, 1.165) is 16.8 Å². The summed E-state index contributed by atoms with van der Waals surface area (Å²) in [6.45, 7) is 4.13. The molecule has 2 heterocycles. The molecule has 0 aliphatic rings. The van der Waals surface area contributed by atoms with Gasteiger partial charge in [0.15, 0.2) is 0 Å². The van der Waals surface area contributed by atoms with Crippen LogP contribution >= 0.6 is 0 Å². The number of rotatable bonds is 4. The van der Waals surface area contributed by atoms with Crippen molar-refractivity contribution >= 4 is 29.1 Å². The summed E-state index contributed by atoms with van der Waals surface area (Å²) in [5.41, 5.74) is 8.06. The number of nitrogens with zero attached hydrogens (tertiary/aromatic N) is 4. The van der Waals surface area contributed by atoms with Crippen molar-refractivity contribution in [3.05, 3.63) is 63.7 Å². The van der Waals surface area contributed by atoms with Gasteiger partial charge in [-0.1, -0.05) is 26.0 Å². The number of hydrogen-bond donors (Lipinski definition) is 1. The Morgan fingerprint density at radius 2 is 2.08 bits per heavy atom. The summed E-state index contributed by atoms with van der Waals surface area (Å²) < 4.78 is 1.41. The number of aromatic nitrogens is 4. The van der Waals surface area contributed by atoms with Crippen LogP contribution in [0.5, 0.6) is 0 Å². The first-order chi connectivity index (χ1) is 12.0. The Labute approximate surface area is 144 Å². The lowest BCUT2D eigenvalue weighted by molar-refractivity contribution is -0.464. The van der Waals surface area contributed by atoms with E-state index >= 15 is 0 Å². The van der Waals surface area contributed by atoms with Gasteiger partial charge in [0.1, 0.15) is 11.2 Å². The van der Waals surface area contributed by atoms with Crippen LogP contribution in [0.1, 0.15) is 43.3 Å². The van der Waals surface area contributed by atoms with Crippen LogP contribution in [0, 0.1) is 10.1 Å². The molecule has 2 aromatic heterocycles. The highest BCUT2D eigenvalue weighted by Gasteiger charge is 2.10. The third-order valence-electron chi connectivity index (χ3n) is 4.15. The van der Waals surface area contributed by atoms with Gasteiger partial charge in [-0.2, -0.15) is 0 Å². The molecule has 3 aromatic rings. The minimum atomic E-state index is 0.185. The highest BCUT2D eigenvalue weighted by atomic mass is 16.5. The highest BCUT2D eigenvalue weighted by Crippen LogP contribution is 2.19. The Hall–Kier alpha value is -3.22. The number of nitrogens with two attached hydrogens (primary N) is 1. The number of anilines is 1. The molecule has 1 unspecified atom stereocenters. The molecule has 7 heteroatoms. The number of hydrogen-bond acceptors (Lipinski definition) is 5. The first kappa shape index (κ1) is 16.6. The molecule has 7 nitrogen and oxygen atoms in total. The SMILES string of the molecule is CCC(C)c1cc(/C=C/c2c[n+](=O)c3ccccc3n2[O-])nc(N)n1. The molecule has 0 fully saturated rings. The maximum Gasteiger partial charge on any atom is 0.286 e. The number of benzene rings is 1. The Kier molecular flexibility index (Phi) is 4.47. The van der Waals surface area contributed by atoms with Gasteiger partial charge in [0.05, 0.1) is 10.1 Å². The van der Waals surface area contributed by atoms with Crippen molar-refractivity contribution in [2.45, 2.75) is 26.2 Å². The minimum absolute atomic E-state index is 0.185. The fourth-order valence-corrected chi connectivity index (χ4v) is 2.54. The quantitative estimate of drug-likeness (QED) is 0.737. The standard InChI is InChI=1S/C18H19N5O2/c1-3-12(2)15-10-13(20-18(19)21-15)8-9-14-11-22(24)16-6-4-5-7-17(16)23(14)25/h4-12H,3H2,1-2H3,(H2,19,20,21)/b9-8+. The summed E-state index contributed by atoms with van der Waals surface area (Å²) in [5, 5.41) is 12.4. The lowest BCUT2D eigenvalue weighted by Gasteiger charge is -2.14. The fourth-order valence-electron chi connectivity index (χ4n) is 2.54. The molecule has 0 spiro atoms. The first-order valence-corrected chi connectivity index (χ1v) is 8.06. The smallest absolute Gasteiger partial charge is 0.286 e. The van der Waals surface area contributed by atoms with Crippen molar-refractivity contribution in [1.82, 2.24) is 14.7 Å². The average molecular weight is 337 g/mol. The second kappa shape index (κ2) is 6.72. The van der Waals surface area contributed by atoms with Gasteiger partial charge < -0.3 is 15.7 Å². The zero-order valence-electron chi connectivity index (χ0n) is 14.1. The average Bonchev–Trinajstić information content (AvgIpc) is 2.62. The Bertz CT molecular complexity index is 1010. The maximum absolute atomic E-state index is 12.4. The van der Waals surface area contributed by atoms with Crippen molar-refractivity contribution in [2.75, 3.05) is 5.73 Å². The van der Waals surface area contributed by atoms with Crippen LogP contribution in [0.4, 0.5) is 5.95 Å². The molecule has 128 valence electrons. The first-order valence-electron chi connectivity index (χ1n) is 8.06. The molecule has 0 aliphatic carbocycles. The van der Waals surface area contributed by atoms with Gasteiger partial charge in [-0.15, -0.1) is 0 Å². The monoisotopic (exact) mass is 337 g/mol. The van der Waals surface area contributed by atoms with E-state index in [-0.39, 0.29) is 17.6 Å². The number of fused-ring (bicyclic) bond motifs is 1. The van der Waals surface area contributed by atoms with E-state index in [2.05, 4.69) is 23.8 Å². The second-order valence-corrected chi connectivity index (χ2v) is 5.88. The maximum atomic E-state index is 12.4. The Balaban J connectivity index is 2.03. The van der Waals surface area contributed by atoms with Crippen LogP contribution in [0.15, 0.2) is 36.5 Å². The molecule has 0 amide bonds. The third-order valence-corrected chi connectivity index (χ3v) is 4.15. The van der Waals surface area contributed by atoms with E-state index in [0.29, 0.717) is 21.2 Å². The molecule has 0 bridgehead atoms. The Morgan fingerprint density at radius 1 is 1.32 bits per heavy atom. The van der Waals surface area contributed by atoms with E-state index in [1.54, 1.807) is 36.4 Å². The number of para-hydroxylation sites is 2. The molecule has 0 saturated carbocycles. The molecule has 0 radical (unpaired) electrons. The van der Waals surface area contributed by atoms with Gasteiger partial charge in [-0.05, 0) is 36.6 Å². The van der Waals surface area contributed by atoms with Crippen LogP contribution in [-0.2, 0) is 0 Å². The summed E-state index contributed by atoms with van der Waals surface area (Å²) >= 11 is 0. The summed E-state index contributed by atoms with van der Waals surface area (Å²) in [6, 6.07) is 8.48. The molecule has 1 aromatic carbocycles. The van der Waals surface area contributed by atoms with Crippen LogP contribution in [-0.4, -0.2) is 14.7 Å². The molecule has 2 N–H and O–H groups in total. The molecule has 25 heavy (non-hydrogen) atoms. The predicted molar refractivity (Wildman–Crippen MR) is 98.1 cm³/mol. The van der Waals surface area contributed by atoms with Crippen LogP contribution in [0.2, 0.25) is 0 Å². The van der Waals surface area contributed by atoms with Crippen LogP contribution in [0.3, 0.4) is 0 Å². The number of nitrogen functional groups attached to an aromatic ring is 1. The van der Waals surface area contributed by atoms with Crippen LogP contribution in [0.25, 0.3) is 23.2 Å². The summed E-state index contributed by atoms with van der Waals surface area (Å²) in [6.07, 6.45) is 5.38. The fraction of sp³-hybridized carbons (Fsp3) is 0.222. The van der Waals surface area contributed by atoms with E-state index in [4.69, 9.17) is 5.73 Å². The van der Waals surface area contributed by atoms with Crippen molar-refractivity contribution in [1.29, 1.82) is 0 Å². The van der Waals surface area contributed by atoms with Gasteiger partial charge in [0, 0.05) is 16.7 Å². The molecular formula is C18H19N5O2. The zero-order valence-corrected chi connectivity index (χ0v) is 14.1. The van der Waals surface area contributed by atoms with E-state index in [1.807, 2.05) is 6.07 Å². The van der Waals surface area contributed by atoms with Crippen molar-refractivity contribution in [3.8, 4) is 0 Å². The second-order valence-electron chi connectivity index (χ2n) is 5.88. The van der Waals surface area contributed by atoms with Crippen molar-refractivity contribution in [3.63, 3.8) is 0 Å². The third kappa shape index (κ3) is 3.35. The Morgan fingerprint density at radius 3 is 2.84 bits per heavy atom. The van der Waals surface area contributed by atoms with Crippen molar-refractivity contribution < 1.29 is 4.43 Å². The van der Waals surface area contributed by atoms with Crippen molar-refractivity contribution in [2.24, 2.45) is 0 Å². The summed E-state index contributed by atoms with van der Waals surface area (Å²) in [5.74, 6) is 0.441. The van der Waals surface area contributed by atoms with Gasteiger partial charge in [-0.3, -0.25) is 0 Å². The zero-order chi connectivity index (χ0) is 18.0. The lowest BCUT2D eigenvalue weighted by atomic mass is 10.0. The lowest BCUT2D eigenvalue weighted by Crippen LogP contribution is -2.18.